The molecule has 1 aromatic carbocycles. The molecule has 3 N–H and O–H groups in total. The smallest absolute Gasteiger partial charge is 0.202 e. The number of piperidine rings is 1. The maximum atomic E-state index is 6.72. The van der Waals surface area contributed by atoms with Gasteiger partial charge in [-0.1, -0.05) is 17.7 Å². The van der Waals surface area contributed by atoms with Gasteiger partial charge in [0.05, 0.1) is 22.4 Å². The van der Waals surface area contributed by atoms with Gasteiger partial charge in [0.15, 0.2) is 0 Å². The summed E-state index contributed by atoms with van der Waals surface area (Å²) in [5.41, 5.74) is 11.0. The summed E-state index contributed by atoms with van der Waals surface area (Å²) >= 11 is 6.72. The first-order chi connectivity index (χ1) is 16.6. The average molecular weight is 472 g/mol. The van der Waals surface area contributed by atoms with Crippen molar-refractivity contribution in [2.75, 3.05) is 24.5 Å². The number of aryl methyl sites for hydroxylation is 1. The number of nitrogens with zero attached hydrogens (tertiary/aromatic N) is 7. The highest BCUT2D eigenvalue weighted by molar-refractivity contribution is 6.38. The van der Waals surface area contributed by atoms with Crippen LogP contribution in [0.3, 0.4) is 0 Å². The molecule has 0 radical (unpaired) electrons. The Balaban J connectivity index is 1.19. The number of aromatic nitrogens is 7. The molecular weight excluding hydrogens is 450 g/mol. The molecule has 1 saturated carbocycles. The molecule has 0 bridgehead atoms. The Labute approximate surface area is 200 Å². The maximum Gasteiger partial charge on any atom is 0.202 e. The van der Waals surface area contributed by atoms with Crippen molar-refractivity contribution < 1.29 is 0 Å². The van der Waals surface area contributed by atoms with E-state index >= 15 is 0 Å². The van der Waals surface area contributed by atoms with Gasteiger partial charge in [0.1, 0.15) is 11.3 Å². The quantitative estimate of drug-likeness (QED) is 0.414. The third-order valence-corrected chi connectivity index (χ3v) is 8.00. The molecule has 34 heavy (non-hydrogen) atoms. The molecule has 0 amide bonds. The van der Waals surface area contributed by atoms with Crippen molar-refractivity contribution in [2.24, 2.45) is 24.6 Å². The van der Waals surface area contributed by atoms with Crippen molar-refractivity contribution in [3.05, 3.63) is 59.6 Å². The fourth-order valence-electron chi connectivity index (χ4n) is 5.84. The summed E-state index contributed by atoms with van der Waals surface area (Å²) in [4.78, 5) is 16.4. The summed E-state index contributed by atoms with van der Waals surface area (Å²) in [5, 5.41) is 13.5. The SMILES string of the molecule is Cn1cc2c(Cl)c(-c3[nH]nc4nc(N5C[C@@H]6[C@H](C5)C6(CN)c5ccccn5)cnc34)ccc2n1. The number of H-pyrrole nitrogens is 1. The highest BCUT2D eigenvalue weighted by atomic mass is 35.5. The van der Waals surface area contributed by atoms with Crippen molar-refractivity contribution in [1.29, 1.82) is 0 Å². The Hall–Kier alpha value is -3.56. The predicted molar refractivity (Wildman–Crippen MR) is 131 cm³/mol. The second-order valence-corrected chi connectivity index (χ2v) is 9.62. The van der Waals surface area contributed by atoms with Gasteiger partial charge >= 0.3 is 0 Å². The third kappa shape index (κ3) is 2.62. The number of nitrogens with two attached hydrogens (primary N) is 1. The fraction of sp³-hybridized carbons (Fsp3) is 0.292. The first-order valence-electron chi connectivity index (χ1n) is 11.3. The minimum absolute atomic E-state index is 0.0174. The molecular formula is C24H22ClN9. The van der Waals surface area contributed by atoms with Crippen LogP contribution in [0, 0.1) is 11.8 Å². The van der Waals surface area contributed by atoms with Crippen molar-refractivity contribution in [1.82, 2.24) is 34.9 Å². The molecule has 0 spiro atoms. The molecule has 10 heteroatoms. The number of halogens is 1. The molecule has 3 atom stereocenters. The first kappa shape index (κ1) is 19.9. The van der Waals surface area contributed by atoms with Crippen LogP contribution in [0.1, 0.15) is 5.69 Å². The molecule has 170 valence electrons. The van der Waals surface area contributed by atoms with Crippen molar-refractivity contribution >= 4 is 39.5 Å². The fourth-order valence-corrected chi connectivity index (χ4v) is 6.15. The van der Waals surface area contributed by atoms with Gasteiger partial charge < -0.3 is 10.6 Å². The zero-order chi connectivity index (χ0) is 23.0. The van der Waals surface area contributed by atoms with E-state index in [2.05, 4.69) is 31.2 Å². The predicted octanol–water partition coefficient (Wildman–Crippen LogP) is 2.92. The summed E-state index contributed by atoms with van der Waals surface area (Å²) in [6.07, 6.45) is 5.59. The number of fused-ring (bicyclic) bond motifs is 3. The van der Waals surface area contributed by atoms with E-state index in [1.165, 1.54) is 0 Å². The maximum absolute atomic E-state index is 6.72. The summed E-state index contributed by atoms with van der Waals surface area (Å²) in [6, 6.07) is 9.98. The van der Waals surface area contributed by atoms with E-state index in [9.17, 15) is 0 Å². The monoisotopic (exact) mass is 471 g/mol. The van der Waals surface area contributed by atoms with Gasteiger partial charge in [-0.2, -0.15) is 10.2 Å². The molecule has 1 aliphatic heterocycles. The minimum Gasteiger partial charge on any atom is -0.355 e. The summed E-state index contributed by atoms with van der Waals surface area (Å²) < 4.78 is 1.76. The number of aromatic amines is 1. The van der Waals surface area contributed by atoms with Crippen LogP contribution in [0.15, 0.2) is 48.9 Å². The van der Waals surface area contributed by atoms with E-state index in [4.69, 9.17) is 27.3 Å². The summed E-state index contributed by atoms with van der Waals surface area (Å²) in [5.74, 6) is 1.79. The number of anilines is 1. The largest absolute Gasteiger partial charge is 0.355 e. The summed E-state index contributed by atoms with van der Waals surface area (Å²) in [7, 11) is 1.88. The van der Waals surface area contributed by atoms with Crippen molar-refractivity contribution in [3.8, 4) is 11.3 Å². The van der Waals surface area contributed by atoms with Gasteiger partial charge in [0.25, 0.3) is 0 Å². The number of nitrogens with one attached hydrogen (secondary N) is 1. The second kappa shape index (κ2) is 6.97. The Morgan fingerprint density at radius 2 is 2.03 bits per heavy atom. The lowest BCUT2D eigenvalue weighted by atomic mass is 9.95. The second-order valence-electron chi connectivity index (χ2n) is 9.24. The van der Waals surface area contributed by atoms with Gasteiger partial charge in [-0.25, -0.2) is 9.97 Å². The highest BCUT2D eigenvalue weighted by Gasteiger charge is 2.69. The minimum atomic E-state index is -0.0174. The number of rotatable bonds is 4. The van der Waals surface area contributed by atoms with Crippen molar-refractivity contribution in [3.63, 3.8) is 0 Å². The molecule has 5 aromatic rings. The summed E-state index contributed by atoms with van der Waals surface area (Å²) in [6.45, 7) is 2.39. The van der Waals surface area contributed by atoms with E-state index in [1.54, 1.807) is 4.68 Å². The van der Waals surface area contributed by atoms with Crippen LogP contribution < -0.4 is 10.6 Å². The van der Waals surface area contributed by atoms with Gasteiger partial charge in [0.2, 0.25) is 5.65 Å². The van der Waals surface area contributed by atoms with Crippen LogP contribution >= 0.6 is 11.6 Å². The molecule has 1 aliphatic carbocycles. The topological polar surface area (TPSA) is 114 Å². The lowest BCUT2D eigenvalue weighted by Crippen LogP contribution is -2.35. The zero-order valence-corrected chi connectivity index (χ0v) is 19.2. The molecule has 2 aliphatic rings. The van der Waals surface area contributed by atoms with E-state index in [1.807, 2.05) is 49.9 Å². The highest BCUT2D eigenvalue weighted by Crippen LogP contribution is 2.62. The number of benzene rings is 1. The molecule has 9 nitrogen and oxygen atoms in total. The first-order valence-corrected chi connectivity index (χ1v) is 11.7. The lowest BCUT2D eigenvalue weighted by Gasteiger charge is -2.26. The number of hydrogen-bond acceptors (Lipinski definition) is 7. The zero-order valence-electron chi connectivity index (χ0n) is 18.5. The molecule has 1 saturated heterocycles. The molecule has 7 rings (SSSR count). The Kier molecular flexibility index (Phi) is 4.07. The van der Waals surface area contributed by atoms with E-state index in [0.29, 0.717) is 34.6 Å². The average Bonchev–Trinajstić information content (AvgIpc) is 3.31. The number of pyridine rings is 1. The normalized spacial score (nSPS) is 23.7. The lowest BCUT2D eigenvalue weighted by molar-refractivity contribution is 0.538. The molecule has 4 aromatic heterocycles. The molecule has 2 fully saturated rings. The van der Waals surface area contributed by atoms with Crippen LogP contribution in [-0.4, -0.2) is 54.6 Å². The van der Waals surface area contributed by atoms with Crippen LogP contribution in [0.25, 0.3) is 33.3 Å². The standard InChI is InChI=1S/C24H22ClN9/c1-33-9-14-17(32-33)6-5-13(20(14)25)21-22-23(31-30-21)29-19(8-28-22)34-10-15-16(11-34)24(15,12-26)18-4-2-3-7-27-18/h2-9,15-16H,10-12,26H2,1H3,(H,29,30,31)/t15-,16+,24?. The Morgan fingerprint density at radius 3 is 2.79 bits per heavy atom. The van der Waals surface area contributed by atoms with Crippen molar-refractivity contribution in [2.45, 2.75) is 5.41 Å². The van der Waals surface area contributed by atoms with Crippen LogP contribution in [0.5, 0.6) is 0 Å². The Morgan fingerprint density at radius 1 is 1.18 bits per heavy atom. The van der Waals surface area contributed by atoms with Gasteiger partial charge in [-0.05, 0) is 36.1 Å². The van der Waals surface area contributed by atoms with E-state index in [0.717, 1.165) is 46.8 Å². The molecule has 5 heterocycles. The number of hydrogen-bond donors (Lipinski definition) is 2. The van der Waals surface area contributed by atoms with Gasteiger partial charge in [-0.15, -0.1) is 0 Å². The van der Waals surface area contributed by atoms with Crippen LogP contribution in [-0.2, 0) is 12.5 Å². The van der Waals surface area contributed by atoms with Gasteiger partial charge in [0, 0.05) is 61.1 Å². The van der Waals surface area contributed by atoms with Gasteiger partial charge in [-0.3, -0.25) is 14.8 Å². The molecule has 1 unspecified atom stereocenters. The van der Waals surface area contributed by atoms with E-state index < -0.39 is 0 Å². The Bertz CT molecular complexity index is 1550. The van der Waals surface area contributed by atoms with Crippen LogP contribution in [0.2, 0.25) is 5.02 Å². The van der Waals surface area contributed by atoms with Crippen LogP contribution in [0.4, 0.5) is 5.82 Å². The third-order valence-electron chi connectivity index (χ3n) is 7.60. The van der Waals surface area contributed by atoms with E-state index in [-0.39, 0.29) is 5.41 Å².